The summed E-state index contributed by atoms with van der Waals surface area (Å²) in [5, 5.41) is 3.33. The van der Waals surface area contributed by atoms with E-state index in [0.717, 1.165) is 60.3 Å². The molecule has 162 valence electrons. The Kier molecular flexibility index (Phi) is 7.17. The van der Waals surface area contributed by atoms with Crippen LogP contribution in [0.15, 0.2) is 48.9 Å². The molecule has 7 nitrogen and oxygen atoms in total. The van der Waals surface area contributed by atoms with Crippen LogP contribution >= 0.6 is 0 Å². The first-order valence-electron chi connectivity index (χ1n) is 10.9. The van der Waals surface area contributed by atoms with Crippen LogP contribution < -0.4 is 5.32 Å². The lowest BCUT2D eigenvalue weighted by atomic mass is 9.94. The van der Waals surface area contributed by atoms with Gasteiger partial charge in [0.05, 0.1) is 18.5 Å². The molecule has 0 spiro atoms. The smallest absolute Gasteiger partial charge is 0.130 e. The first-order valence-corrected chi connectivity index (χ1v) is 10.9. The maximum Gasteiger partial charge on any atom is 0.130 e. The highest BCUT2D eigenvalue weighted by atomic mass is 16.5. The van der Waals surface area contributed by atoms with E-state index in [0.29, 0.717) is 12.5 Å². The number of anilines is 2. The van der Waals surface area contributed by atoms with Gasteiger partial charge in [-0.05, 0) is 50.6 Å². The van der Waals surface area contributed by atoms with Gasteiger partial charge in [0.25, 0.3) is 0 Å². The maximum atomic E-state index is 5.09. The van der Waals surface area contributed by atoms with Crippen molar-refractivity contribution in [1.29, 1.82) is 0 Å². The van der Waals surface area contributed by atoms with E-state index in [-0.39, 0.29) is 0 Å². The second kappa shape index (κ2) is 10.4. The van der Waals surface area contributed by atoms with Crippen LogP contribution in [0.25, 0.3) is 0 Å². The topological polar surface area (TPSA) is 76.1 Å². The molecule has 1 fully saturated rings. The lowest BCUT2D eigenvalue weighted by molar-refractivity contribution is 0.197. The number of aromatic nitrogens is 4. The average molecular weight is 419 g/mol. The van der Waals surface area contributed by atoms with Crippen molar-refractivity contribution < 1.29 is 4.74 Å². The van der Waals surface area contributed by atoms with Crippen molar-refractivity contribution in [3.05, 3.63) is 71.7 Å². The third kappa shape index (κ3) is 6.06. The quantitative estimate of drug-likeness (QED) is 0.595. The molecule has 1 saturated heterocycles. The summed E-state index contributed by atoms with van der Waals surface area (Å²) in [4.78, 5) is 20.6. The van der Waals surface area contributed by atoms with Gasteiger partial charge in [0.15, 0.2) is 0 Å². The fraction of sp³-hybridized carbons (Fsp3) is 0.417. The summed E-state index contributed by atoms with van der Waals surface area (Å²) in [5.74, 6) is 2.12. The summed E-state index contributed by atoms with van der Waals surface area (Å²) in [5.41, 5.74) is 4.26. The molecule has 4 heterocycles. The molecule has 0 aliphatic carbocycles. The van der Waals surface area contributed by atoms with E-state index in [1.54, 1.807) is 7.11 Å². The van der Waals surface area contributed by atoms with Crippen molar-refractivity contribution in [2.75, 3.05) is 32.1 Å². The molecule has 0 amide bonds. The maximum absolute atomic E-state index is 5.09. The van der Waals surface area contributed by atoms with Crippen LogP contribution in [0.4, 0.5) is 11.5 Å². The number of nitrogens with one attached hydrogen (secondary N) is 1. The predicted molar refractivity (Wildman–Crippen MR) is 121 cm³/mol. The summed E-state index contributed by atoms with van der Waals surface area (Å²) < 4.78 is 5.09. The predicted octanol–water partition coefficient (Wildman–Crippen LogP) is 3.89. The van der Waals surface area contributed by atoms with Crippen molar-refractivity contribution in [2.24, 2.45) is 0 Å². The fourth-order valence-electron chi connectivity index (χ4n) is 3.97. The Morgan fingerprint density at radius 3 is 2.71 bits per heavy atom. The van der Waals surface area contributed by atoms with Crippen molar-refractivity contribution in [1.82, 2.24) is 24.8 Å². The molecule has 0 radical (unpaired) electrons. The largest absolute Gasteiger partial charge is 0.384 e. The second-order valence-electron chi connectivity index (χ2n) is 8.09. The zero-order chi connectivity index (χ0) is 21.5. The normalized spacial score (nSPS) is 16.9. The number of pyridine rings is 2. The van der Waals surface area contributed by atoms with E-state index < -0.39 is 0 Å². The summed E-state index contributed by atoms with van der Waals surface area (Å²) in [6.07, 6.45) is 8.89. The van der Waals surface area contributed by atoms with Gasteiger partial charge in [-0.2, -0.15) is 0 Å². The number of rotatable bonds is 8. The lowest BCUT2D eigenvalue weighted by Crippen LogP contribution is -2.34. The van der Waals surface area contributed by atoms with Gasteiger partial charge < -0.3 is 10.1 Å². The van der Waals surface area contributed by atoms with Crippen LogP contribution in [0.2, 0.25) is 0 Å². The number of piperidine rings is 1. The first-order chi connectivity index (χ1) is 15.2. The molecule has 3 aromatic heterocycles. The van der Waals surface area contributed by atoms with Crippen LogP contribution in [-0.2, 0) is 17.7 Å². The van der Waals surface area contributed by atoms with Gasteiger partial charge in [0.1, 0.15) is 11.6 Å². The summed E-state index contributed by atoms with van der Waals surface area (Å²) in [7, 11) is 1.70. The number of hydrogen-bond donors (Lipinski definition) is 1. The summed E-state index contributed by atoms with van der Waals surface area (Å²) >= 11 is 0. The van der Waals surface area contributed by atoms with Crippen molar-refractivity contribution in [3.63, 3.8) is 0 Å². The van der Waals surface area contributed by atoms with Gasteiger partial charge in [0, 0.05) is 61.9 Å². The summed E-state index contributed by atoms with van der Waals surface area (Å²) in [6, 6.07) is 10.2. The molecule has 1 aliphatic rings. The highest BCUT2D eigenvalue weighted by Crippen LogP contribution is 2.27. The molecule has 1 atom stereocenters. The van der Waals surface area contributed by atoms with Crippen LogP contribution in [0, 0.1) is 6.92 Å². The molecule has 0 aromatic carbocycles. The molecule has 3 aromatic rings. The SMILES string of the molecule is COCCc1ncc(CN2CCC[C@H](c3ccc(Nc4cccc(C)n4)cn3)C2)cn1. The van der Waals surface area contributed by atoms with Crippen LogP contribution in [0.5, 0.6) is 0 Å². The number of methoxy groups -OCH3 is 1. The van der Waals surface area contributed by atoms with E-state index in [1.807, 2.05) is 43.7 Å². The van der Waals surface area contributed by atoms with E-state index in [1.165, 1.54) is 12.8 Å². The van der Waals surface area contributed by atoms with Gasteiger partial charge in [0.2, 0.25) is 0 Å². The first kappa shape index (κ1) is 21.3. The number of aryl methyl sites for hydroxylation is 1. The van der Waals surface area contributed by atoms with Crippen LogP contribution in [0.1, 0.15) is 41.5 Å². The fourth-order valence-corrected chi connectivity index (χ4v) is 3.97. The van der Waals surface area contributed by atoms with Crippen molar-refractivity contribution in [2.45, 2.75) is 38.6 Å². The molecule has 0 unspecified atom stereocenters. The molecule has 0 bridgehead atoms. The van der Waals surface area contributed by atoms with Gasteiger partial charge in [-0.15, -0.1) is 0 Å². The molecule has 31 heavy (non-hydrogen) atoms. The van der Waals surface area contributed by atoms with Crippen molar-refractivity contribution >= 4 is 11.5 Å². The Balaban J connectivity index is 1.33. The zero-order valence-corrected chi connectivity index (χ0v) is 18.3. The van der Waals surface area contributed by atoms with Crippen molar-refractivity contribution in [3.8, 4) is 0 Å². The molecular formula is C24H30N6O. The minimum absolute atomic E-state index is 0.446. The molecule has 7 heteroatoms. The van der Waals surface area contributed by atoms with Gasteiger partial charge in [-0.25, -0.2) is 15.0 Å². The number of hydrogen-bond acceptors (Lipinski definition) is 7. The number of nitrogens with zero attached hydrogens (tertiary/aromatic N) is 5. The Hall–Kier alpha value is -2.90. The Morgan fingerprint density at radius 2 is 1.97 bits per heavy atom. The van der Waals surface area contributed by atoms with E-state index in [2.05, 4.69) is 37.3 Å². The third-order valence-electron chi connectivity index (χ3n) is 5.57. The number of likely N-dealkylation sites (tertiary alicyclic amines) is 1. The Morgan fingerprint density at radius 1 is 1.10 bits per heavy atom. The summed E-state index contributed by atoms with van der Waals surface area (Å²) in [6.45, 7) is 5.62. The third-order valence-corrected chi connectivity index (χ3v) is 5.57. The monoisotopic (exact) mass is 418 g/mol. The molecule has 0 saturated carbocycles. The van der Waals surface area contributed by atoms with E-state index >= 15 is 0 Å². The van der Waals surface area contributed by atoms with Crippen LogP contribution in [-0.4, -0.2) is 51.6 Å². The van der Waals surface area contributed by atoms with Gasteiger partial charge in [-0.1, -0.05) is 6.07 Å². The highest BCUT2D eigenvalue weighted by molar-refractivity contribution is 5.55. The van der Waals surface area contributed by atoms with Crippen LogP contribution in [0.3, 0.4) is 0 Å². The second-order valence-corrected chi connectivity index (χ2v) is 8.09. The Bertz CT molecular complexity index is 961. The standard InChI is InChI=1S/C24H30N6O/c1-18-5-3-7-24(28-18)29-21-8-9-22(25-15-21)20-6-4-11-30(17-20)16-19-13-26-23(27-14-19)10-12-31-2/h3,5,7-9,13-15,20H,4,6,10-12,16-17H2,1-2H3,(H,28,29)/t20-/m0/s1. The lowest BCUT2D eigenvalue weighted by Gasteiger charge is -2.32. The minimum Gasteiger partial charge on any atom is -0.384 e. The molecule has 1 N–H and O–H groups in total. The van der Waals surface area contributed by atoms with Gasteiger partial charge in [-0.3, -0.25) is 9.88 Å². The molecule has 4 rings (SSSR count). The molecular weight excluding hydrogens is 388 g/mol. The zero-order valence-electron chi connectivity index (χ0n) is 18.3. The minimum atomic E-state index is 0.446. The van der Waals surface area contributed by atoms with E-state index in [9.17, 15) is 0 Å². The van der Waals surface area contributed by atoms with Gasteiger partial charge >= 0.3 is 0 Å². The van der Waals surface area contributed by atoms with E-state index in [4.69, 9.17) is 9.72 Å². The highest BCUT2D eigenvalue weighted by Gasteiger charge is 2.22. The number of ether oxygens (including phenoxy) is 1. The average Bonchev–Trinajstić information content (AvgIpc) is 2.79. The molecule has 1 aliphatic heterocycles. The Labute approximate surface area is 183 Å².